The molecule has 2 aliphatic rings. The van der Waals surface area contributed by atoms with Gasteiger partial charge in [0.2, 0.25) is 0 Å². The van der Waals surface area contributed by atoms with Gasteiger partial charge in [0.15, 0.2) is 0 Å². The third-order valence-corrected chi connectivity index (χ3v) is 9.34. The van der Waals surface area contributed by atoms with Crippen molar-refractivity contribution >= 4 is 47.9 Å². The molecule has 0 radical (unpaired) electrons. The Bertz CT molecular complexity index is 1240. The van der Waals surface area contributed by atoms with Crippen molar-refractivity contribution in [3.05, 3.63) is 72.8 Å². The molecule has 2 fully saturated rings. The van der Waals surface area contributed by atoms with Crippen LogP contribution in [0.25, 0.3) is 0 Å². The molecule has 5 rings (SSSR count). The van der Waals surface area contributed by atoms with Crippen LogP contribution >= 0.6 is 0 Å². The zero-order valence-corrected chi connectivity index (χ0v) is 26.8. The molecule has 0 bridgehead atoms. The van der Waals surface area contributed by atoms with E-state index >= 15 is 0 Å². The molecule has 2 aliphatic heterocycles. The molecule has 42 heavy (non-hydrogen) atoms. The maximum atomic E-state index is 6.30. The molecule has 0 aromatic heterocycles. The summed E-state index contributed by atoms with van der Waals surface area (Å²) in [5.74, 6) is 0. The molecule has 0 spiro atoms. The number of nitrogens with zero attached hydrogens (tertiary/aromatic N) is 1. The summed E-state index contributed by atoms with van der Waals surface area (Å²) in [5, 5.41) is 3.52. The van der Waals surface area contributed by atoms with Gasteiger partial charge in [-0.15, -0.1) is 0 Å². The zero-order valence-electron chi connectivity index (χ0n) is 26.8. The van der Waals surface area contributed by atoms with E-state index < -0.39 is 14.2 Å². The van der Waals surface area contributed by atoms with Gasteiger partial charge in [-0.3, -0.25) is 0 Å². The first-order valence-electron chi connectivity index (χ1n) is 15.3. The monoisotopic (exact) mass is 568 g/mol. The largest absolute Gasteiger partial charge is 0.494 e. The number of benzene rings is 3. The minimum atomic E-state index is -0.398. The molecule has 0 amide bonds. The smallest absolute Gasteiger partial charge is 0.399 e. The van der Waals surface area contributed by atoms with Crippen molar-refractivity contribution in [2.45, 2.75) is 97.6 Å². The molecule has 3 aromatic carbocycles. The maximum absolute atomic E-state index is 6.30. The van der Waals surface area contributed by atoms with E-state index in [-0.39, 0.29) is 22.4 Å². The molecule has 0 unspecified atom stereocenters. The van der Waals surface area contributed by atoms with Crippen molar-refractivity contribution in [2.24, 2.45) is 0 Å². The van der Waals surface area contributed by atoms with Crippen LogP contribution in [-0.4, -0.2) is 43.2 Å². The van der Waals surface area contributed by atoms with Crippen LogP contribution in [0.15, 0.2) is 72.8 Å². The van der Waals surface area contributed by atoms with Crippen LogP contribution in [0.4, 0.5) is 22.7 Å². The van der Waals surface area contributed by atoms with Gasteiger partial charge in [-0.25, -0.2) is 0 Å². The number of hydrogen-bond donors (Lipinski definition) is 1. The van der Waals surface area contributed by atoms with E-state index in [9.17, 15) is 0 Å². The molecule has 1 N–H and O–H groups in total. The normalized spacial score (nSPS) is 20.1. The predicted molar refractivity (Wildman–Crippen MR) is 176 cm³/mol. The summed E-state index contributed by atoms with van der Waals surface area (Å²) in [6.07, 6.45) is 2.32. The molecule has 0 aliphatic carbocycles. The van der Waals surface area contributed by atoms with Gasteiger partial charge in [-0.1, -0.05) is 37.6 Å². The van der Waals surface area contributed by atoms with Crippen molar-refractivity contribution in [3.63, 3.8) is 0 Å². The number of unbranched alkanes of at least 4 members (excludes halogenated alkanes) is 1. The molecule has 0 saturated carbocycles. The van der Waals surface area contributed by atoms with Crippen molar-refractivity contribution in [1.29, 1.82) is 0 Å². The first-order valence-corrected chi connectivity index (χ1v) is 15.3. The molecular weight excluding hydrogens is 522 g/mol. The summed E-state index contributed by atoms with van der Waals surface area (Å²) >= 11 is 0. The average molecular weight is 568 g/mol. The fourth-order valence-corrected chi connectivity index (χ4v) is 5.10. The van der Waals surface area contributed by atoms with E-state index in [2.05, 4.69) is 145 Å². The van der Waals surface area contributed by atoms with Crippen LogP contribution in [0, 0.1) is 0 Å². The van der Waals surface area contributed by atoms with Crippen molar-refractivity contribution in [1.82, 2.24) is 0 Å². The summed E-state index contributed by atoms with van der Waals surface area (Å²) in [6, 6.07) is 25.6. The summed E-state index contributed by atoms with van der Waals surface area (Å²) in [5.41, 5.74) is 4.77. The van der Waals surface area contributed by atoms with E-state index in [0.717, 1.165) is 46.6 Å². The Morgan fingerprint density at radius 2 is 0.881 bits per heavy atom. The van der Waals surface area contributed by atoms with Crippen molar-refractivity contribution in [2.75, 3.05) is 16.8 Å². The Hall–Kier alpha value is -2.77. The van der Waals surface area contributed by atoms with Gasteiger partial charge < -0.3 is 28.8 Å². The Kier molecular flexibility index (Phi) is 8.31. The number of hydrogen-bond acceptors (Lipinski definition) is 6. The molecule has 8 heteroatoms. The molecule has 222 valence electrons. The van der Waals surface area contributed by atoms with Gasteiger partial charge >= 0.3 is 14.2 Å². The lowest BCUT2D eigenvalue weighted by atomic mass is 9.79. The van der Waals surface area contributed by atoms with Gasteiger partial charge in [0.25, 0.3) is 0 Å². The maximum Gasteiger partial charge on any atom is 0.494 e. The third-order valence-electron chi connectivity index (χ3n) is 9.34. The highest BCUT2D eigenvalue weighted by Gasteiger charge is 2.52. The summed E-state index contributed by atoms with van der Waals surface area (Å²) < 4.78 is 25.2. The first-order chi connectivity index (χ1) is 19.7. The summed E-state index contributed by atoms with van der Waals surface area (Å²) in [7, 11) is -0.796. The Morgan fingerprint density at radius 3 is 1.21 bits per heavy atom. The Labute approximate surface area is 253 Å². The van der Waals surface area contributed by atoms with E-state index in [4.69, 9.17) is 18.6 Å². The topological polar surface area (TPSA) is 52.2 Å². The molecule has 3 aromatic rings. The van der Waals surface area contributed by atoms with Crippen molar-refractivity contribution < 1.29 is 18.6 Å². The van der Waals surface area contributed by atoms with Crippen molar-refractivity contribution in [3.8, 4) is 0 Å². The number of rotatable bonds is 9. The lowest BCUT2D eigenvalue weighted by Gasteiger charge is -2.32. The van der Waals surface area contributed by atoms with E-state index in [1.165, 1.54) is 6.42 Å². The second-order valence-corrected chi connectivity index (χ2v) is 13.5. The van der Waals surface area contributed by atoms with E-state index in [0.29, 0.717) is 0 Å². The van der Waals surface area contributed by atoms with Gasteiger partial charge in [0.1, 0.15) is 0 Å². The van der Waals surface area contributed by atoms with Gasteiger partial charge in [-0.2, -0.15) is 0 Å². The number of nitrogens with one attached hydrogen (secondary N) is 1. The summed E-state index contributed by atoms with van der Waals surface area (Å²) in [4.78, 5) is 2.26. The summed E-state index contributed by atoms with van der Waals surface area (Å²) in [6.45, 7) is 19.8. The highest BCUT2D eigenvalue weighted by Crippen LogP contribution is 2.39. The molecule has 2 saturated heterocycles. The quantitative estimate of drug-likeness (QED) is 0.223. The van der Waals surface area contributed by atoms with Crippen LogP contribution in [0.3, 0.4) is 0 Å². The van der Waals surface area contributed by atoms with E-state index in [1.54, 1.807) is 0 Å². The molecule has 0 atom stereocenters. The average Bonchev–Trinajstić information content (AvgIpc) is 3.30. The minimum absolute atomic E-state index is 0.381. The first kappa shape index (κ1) is 30.7. The standard InChI is InChI=1S/C34H46B2N2O4/c1-10-11-24-37-27-16-22-30(23-17-27)38(28-18-12-25(13-19-28)35-39-31(2,3)32(4,5)40-35)29-20-14-26(15-21-29)36-41-33(6,7)34(8,9)42-36/h12-23,37H,10-11,24H2,1-9H3. The third kappa shape index (κ3) is 6.00. The van der Waals surface area contributed by atoms with Crippen LogP contribution in [0.5, 0.6) is 0 Å². The SMILES string of the molecule is CCCCNc1ccc(N(c2ccc(B3OC(C)(C)C(C)(C)O3)cc2)c2ccc(B3OC(C)(C)C(C)(C)O3)cc2)cc1. The Morgan fingerprint density at radius 1 is 0.548 bits per heavy atom. The van der Waals surface area contributed by atoms with Crippen LogP contribution < -0.4 is 21.1 Å². The van der Waals surface area contributed by atoms with Gasteiger partial charge in [0.05, 0.1) is 22.4 Å². The Balaban J connectivity index is 1.43. The van der Waals surface area contributed by atoms with Gasteiger partial charge in [-0.05, 0) is 121 Å². The predicted octanol–water partition coefficient (Wildman–Crippen LogP) is 6.97. The van der Waals surface area contributed by atoms with Gasteiger partial charge in [0, 0.05) is 29.3 Å². The number of anilines is 4. The fourth-order valence-electron chi connectivity index (χ4n) is 5.10. The van der Waals surface area contributed by atoms with E-state index in [1.807, 2.05) is 0 Å². The lowest BCUT2D eigenvalue weighted by molar-refractivity contribution is 0.00578. The van der Waals surface area contributed by atoms with Crippen LogP contribution in [-0.2, 0) is 18.6 Å². The second kappa shape index (κ2) is 11.4. The fraction of sp³-hybridized carbons (Fsp3) is 0.471. The molecule has 2 heterocycles. The van der Waals surface area contributed by atoms with Crippen LogP contribution in [0.2, 0.25) is 0 Å². The second-order valence-electron chi connectivity index (χ2n) is 13.5. The van der Waals surface area contributed by atoms with Crippen LogP contribution in [0.1, 0.15) is 75.2 Å². The molecular formula is C34H46B2N2O4. The lowest BCUT2D eigenvalue weighted by Crippen LogP contribution is -2.41. The highest BCUT2D eigenvalue weighted by molar-refractivity contribution is 6.62. The molecule has 6 nitrogen and oxygen atoms in total. The zero-order chi connectivity index (χ0) is 30.3. The highest BCUT2D eigenvalue weighted by atomic mass is 16.7. The minimum Gasteiger partial charge on any atom is -0.399 e.